The van der Waals surface area contributed by atoms with Gasteiger partial charge in [0.15, 0.2) is 0 Å². The number of benzene rings is 3. The average Bonchev–Trinajstić information content (AvgIpc) is 2.80. The highest BCUT2D eigenvalue weighted by atomic mass is 16.6. The molecule has 0 saturated heterocycles. The molecule has 0 heterocycles. The number of rotatable bonds is 9. The highest BCUT2D eigenvalue weighted by molar-refractivity contribution is 6.38. The van der Waals surface area contributed by atoms with Gasteiger partial charge in [-0.3, -0.25) is 30.6 Å². The van der Waals surface area contributed by atoms with E-state index in [1.807, 2.05) is 12.1 Å². The SMILES string of the molecule is O=C(C=NNc1ccccc1)c1ccc(C(=O)C=NNc2ccccc2)c([N+](=O)[O-])c1. The molecule has 9 nitrogen and oxygen atoms in total. The van der Waals surface area contributed by atoms with Gasteiger partial charge in [-0.2, -0.15) is 10.2 Å². The zero-order valence-corrected chi connectivity index (χ0v) is 16.1. The van der Waals surface area contributed by atoms with Crippen LogP contribution in [0, 0.1) is 10.1 Å². The Balaban J connectivity index is 1.72. The van der Waals surface area contributed by atoms with E-state index in [9.17, 15) is 19.7 Å². The summed E-state index contributed by atoms with van der Waals surface area (Å²) in [5.74, 6) is -1.22. The Hall–Kier alpha value is -4.66. The summed E-state index contributed by atoms with van der Waals surface area (Å²) in [5.41, 5.74) is 6.04. The first-order valence-electron chi connectivity index (χ1n) is 9.10. The number of anilines is 2. The molecule has 0 atom stereocenters. The third kappa shape index (κ3) is 5.91. The van der Waals surface area contributed by atoms with Gasteiger partial charge in [0.2, 0.25) is 11.6 Å². The topological polar surface area (TPSA) is 126 Å². The van der Waals surface area contributed by atoms with Gasteiger partial charge in [-0.1, -0.05) is 36.4 Å². The summed E-state index contributed by atoms with van der Waals surface area (Å²) >= 11 is 0. The lowest BCUT2D eigenvalue weighted by Crippen LogP contribution is -2.09. The molecule has 154 valence electrons. The van der Waals surface area contributed by atoms with Crippen molar-refractivity contribution in [3.8, 4) is 0 Å². The minimum atomic E-state index is -0.720. The van der Waals surface area contributed by atoms with Gasteiger partial charge in [0.1, 0.15) is 5.56 Å². The maximum atomic E-state index is 12.4. The van der Waals surface area contributed by atoms with E-state index < -0.39 is 22.2 Å². The summed E-state index contributed by atoms with van der Waals surface area (Å²) < 4.78 is 0. The van der Waals surface area contributed by atoms with Gasteiger partial charge in [-0.25, -0.2) is 0 Å². The van der Waals surface area contributed by atoms with Crippen LogP contribution in [0.4, 0.5) is 17.1 Å². The summed E-state index contributed by atoms with van der Waals surface area (Å²) in [6.45, 7) is 0. The van der Waals surface area contributed by atoms with Crippen molar-refractivity contribution in [2.45, 2.75) is 0 Å². The van der Waals surface area contributed by atoms with Crippen molar-refractivity contribution in [1.82, 2.24) is 0 Å². The molecular formula is C22H17N5O4. The normalized spacial score (nSPS) is 10.8. The zero-order valence-electron chi connectivity index (χ0n) is 16.1. The highest BCUT2D eigenvalue weighted by Gasteiger charge is 2.21. The molecule has 0 fully saturated rings. The number of nitro benzene ring substituents is 1. The number of hydrogen-bond donors (Lipinski definition) is 2. The van der Waals surface area contributed by atoms with E-state index in [0.717, 1.165) is 18.5 Å². The van der Waals surface area contributed by atoms with Crippen LogP contribution in [0.3, 0.4) is 0 Å². The highest BCUT2D eigenvalue weighted by Crippen LogP contribution is 2.21. The molecular weight excluding hydrogens is 398 g/mol. The largest absolute Gasteiger partial charge is 0.287 e. The van der Waals surface area contributed by atoms with Crippen LogP contribution in [0.5, 0.6) is 0 Å². The number of carbonyl (C=O) groups is 2. The molecule has 0 spiro atoms. The Morgan fingerprint density at radius 1 is 0.774 bits per heavy atom. The maximum Gasteiger partial charge on any atom is 0.281 e. The molecule has 3 aromatic rings. The molecule has 2 N–H and O–H groups in total. The second-order valence-electron chi connectivity index (χ2n) is 6.19. The molecule has 9 heteroatoms. The van der Waals surface area contributed by atoms with Crippen LogP contribution < -0.4 is 10.9 Å². The van der Waals surface area contributed by atoms with Gasteiger partial charge < -0.3 is 0 Å². The van der Waals surface area contributed by atoms with Gasteiger partial charge in [-0.05, 0) is 36.4 Å². The van der Waals surface area contributed by atoms with Gasteiger partial charge in [-0.15, -0.1) is 0 Å². The molecule has 0 aliphatic heterocycles. The van der Waals surface area contributed by atoms with Gasteiger partial charge in [0, 0.05) is 11.6 Å². The predicted octanol–water partition coefficient (Wildman–Crippen LogP) is 4.16. The van der Waals surface area contributed by atoms with Gasteiger partial charge >= 0.3 is 0 Å². The first kappa shape index (κ1) is 21.1. The molecule has 0 saturated carbocycles. The lowest BCUT2D eigenvalue weighted by atomic mass is 10.0. The van der Waals surface area contributed by atoms with Crippen LogP contribution >= 0.6 is 0 Å². The fourth-order valence-electron chi connectivity index (χ4n) is 2.54. The van der Waals surface area contributed by atoms with E-state index >= 15 is 0 Å². The second-order valence-corrected chi connectivity index (χ2v) is 6.19. The third-order valence-corrected chi connectivity index (χ3v) is 4.04. The van der Waals surface area contributed by atoms with Crippen LogP contribution in [0.25, 0.3) is 0 Å². The van der Waals surface area contributed by atoms with Crippen molar-refractivity contribution in [2.75, 3.05) is 10.9 Å². The second kappa shape index (κ2) is 10.2. The average molecular weight is 415 g/mol. The van der Waals surface area contributed by atoms with Crippen molar-refractivity contribution in [1.29, 1.82) is 0 Å². The van der Waals surface area contributed by atoms with E-state index in [-0.39, 0.29) is 11.1 Å². The Labute approximate surface area is 177 Å². The Kier molecular flexibility index (Phi) is 6.94. The summed E-state index contributed by atoms with van der Waals surface area (Å²) in [7, 11) is 0. The molecule has 0 bridgehead atoms. The lowest BCUT2D eigenvalue weighted by molar-refractivity contribution is -0.385. The van der Waals surface area contributed by atoms with Crippen LogP contribution in [0.15, 0.2) is 89.1 Å². The fourth-order valence-corrected chi connectivity index (χ4v) is 2.54. The minimum Gasteiger partial charge on any atom is -0.287 e. The molecule has 3 aromatic carbocycles. The number of carbonyl (C=O) groups excluding carboxylic acids is 2. The molecule has 0 unspecified atom stereocenters. The van der Waals surface area contributed by atoms with Crippen molar-refractivity contribution in [3.05, 3.63) is 100 Å². The minimum absolute atomic E-state index is 0.0289. The number of hydrazone groups is 2. The molecule has 3 rings (SSSR count). The van der Waals surface area contributed by atoms with Gasteiger partial charge in [0.25, 0.3) is 5.69 Å². The van der Waals surface area contributed by atoms with E-state index in [1.54, 1.807) is 48.5 Å². The fraction of sp³-hybridized carbons (Fsp3) is 0. The molecule has 0 radical (unpaired) electrons. The zero-order chi connectivity index (χ0) is 22.1. The smallest absolute Gasteiger partial charge is 0.281 e. The summed E-state index contributed by atoms with van der Waals surface area (Å²) in [6, 6.07) is 21.5. The quantitative estimate of drug-likeness (QED) is 0.234. The van der Waals surface area contributed by atoms with Crippen LogP contribution in [-0.2, 0) is 0 Å². The first-order valence-corrected chi connectivity index (χ1v) is 9.10. The number of nitrogens with zero attached hydrogens (tertiary/aromatic N) is 3. The molecule has 0 aromatic heterocycles. The molecule has 0 aliphatic rings. The monoisotopic (exact) mass is 415 g/mol. The van der Waals surface area contributed by atoms with E-state index in [0.29, 0.717) is 11.4 Å². The van der Waals surface area contributed by atoms with Crippen molar-refractivity contribution >= 4 is 41.1 Å². The molecule has 0 aliphatic carbocycles. The Bertz CT molecular complexity index is 1150. The maximum absolute atomic E-state index is 12.4. The third-order valence-electron chi connectivity index (χ3n) is 4.04. The number of ketones is 2. The van der Waals surface area contributed by atoms with Crippen LogP contribution in [0.2, 0.25) is 0 Å². The van der Waals surface area contributed by atoms with E-state index in [4.69, 9.17) is 0 Å². The van der Waals surface area contributed by atoms with E-state index in [2.05, 4.69) is 21.1 Å². The Morgan fingerprint density at radius 3 is 1.81 bits per heavy atom. The Morgan fingerprint density at radius 2 is 1.29 bits per heavy atom. The first-order chi connectivity index (χ1) is 15.0. The summed E-state index contributed by atoms with van der Waals surface area (Å²) in [5, 5.41) is 19.1. The molecule has 0 amide bonds. The summed E-state index contributed by atoms with van der Waals surface area (Å²) in [4.78, 5) is 35.4. The van der Waals surface area contributed by atoms with E-state index in [1.165, 1.54) is 12.1 Å². The van der Waals surface area contributed by atoms with Crippen molar-refractivity contribution < 1.29 is 14.5 Å². The molecule has 31 heavy (non-hydrogen) atoms. The number of nitro groups is 1. The van der Waals surface area contributed by atoms with Crippen LogP contribution in [-0.4, -0.2) is 28.9 Å². The predicted molar refractivity (Wildman–Crippen MR) is 119 cm³/mol. The van der Waals surface area contributed by atoms with Crippen LogP contribution in [0.1, 0.15) is 20.7 Å². The van der Waals surface area contributed by atoms with Crippen molar-refractivity contribution in [3.63, 3.8) is 0 Å². The lowest BCUT2D eigenvalue weighted by Gasteiger charge is -2.02. The summed E-state index contributed by atoms with van der Waals surface area (Å²) in [6.07, 6.45) is 1.96. The number of hydrogen-bond acceptors (Lipinski definition) is 8. The number of para-hydroxylation sites is 2. The van der Waals surface area contributed by atoms with Gasteiger partial charge in [0.05, 0.1) is 28.7 Å². The number of Topliss-reactive ketones (excluding diaryl/α,β-unsaturated/α-hetero) is 2. The van der Waals surface area contributed by atoms with Crippen molar-refractivity contribution in [2.24, 2.45) is 10.2 Å². The standard InChI is InChI=1S/C22H17N5O4/c28-21(14-23-25-17-7-3-1-4-8-17)16-11-12-19(20(13-16)27(30)31)22(29)15-24-26-18-9-5-2-6-10-18/h1-15,25-26H. The number of nitrogens with one attached hydrogen (secondary N) is 2.